The van der Waals surface area contributed by atoms with Crippen molar-refractivity contribution in [3.63, 3.8) is 0 Å². The third-order valence-corrected chi connectivity index (χ3v) is 2.43. The van der Waals surface area contributed by atoms with Gasteiger partial charge in [-0.15, -0.1) is 0 Å². The van der Waals surface area contributed by atoms with Gasteiger partial charge >= 0.3 is 5.97 Å². The number of methoxy groups -OCH3 is 1. The fourth-order valence-electron chi connectivity index (χ4n) is 1.12. The van der Waals surface area contributed by atoms with Gasteiger partial charge in [-0.2, -0.15) is 0 Å². The van der Waals surface area contributed by atoms with Crippen molar-refractivity contribution in [2.45, 2.75) is 6.04 Å². The molecule has 0 saturated carbocycles. The topological polar surface area (TPSA) is 72.5 Å². The molecule has 0 saturated heterocycles. The number of hydrogen-bond acceptors (Lipinski definition) is 3. The summed E-state index contributed by atoms with van der Waals surface area (Å²) in [7, 11) is 1.47. The number of carbonyl (C=O) groups is 1. The molecule has 1 aromatic carbocycles. The van der Waals surface area contributed by atoms with Gasteiger partial charge in [0.2, 0.25) is 0 Å². The minimum atomic E-state index is -1.08. The Kier molecular flexibility index (Phi) is 3.49. The van der Waals surface area contributed by atoms with Crippen LogP contribution in [-0.2, 0) is 4.79 Å². The fourth-order valence-corrected chi connectivity index (χ4v) is 1.66. The van der Waals surface area contributed by atoms with Crippen LogP contribution in [0, 0.1) is 0 Å². The van der Waals surface area contributed by atoms with E-state index in [9.17, 15) is 4.79 Å². The molecule has 0 heterocycles. The summed E-state index contributed by atoms with van der Waals surface area (Å²) in [4.78, 5) is 10.7. The number of halogens is 1. The monoisotopic (exact) mass is 259 g/mol. The Balaban J connectivity index is 3.20. The lowest BCUT2D eigenvalue weighted by Crippen LogP contribution is -2.21. The molecule has 1 atom stereocenters. The van der Waals surface area contributed by atoms with Crippen molar-refractivity contribution in [3.05, 3.63) is 28.2 Å². The van der Waals surface area contributed by atoms with Crippen molar-refractivity contribution in [3.8, 4) is 5.75 Å². The number of ether oxygens (including phenoxy) is 1. The maximum absolute atomic E-state index is 10.7. The summed E-state index contributed by atoms with van der Waals surface area (Å²) < 4.78 is 5.75. The van der Waals surface area contributed by atoms with Gasteiger partial charge in [-0.05, 0) is 22.0 Å². The number of aliphatic carboxylic acids is 1. The third kappa shape index (κ3) is 2.05. The van der Waals surface area contributed by atoms with E-state index in [0.717, 1.165) is 0 Å². The average Bonchev–Trinajstić information content (AvgIpc) is 2.16. The van der Waals surface area contributed by atoms with Crippen molar-refractivity contribution in [1.29, 1.82) is 0 Å². The van der Waals surface area contributed by atoms with E-state index in [1.165, 1.54) is 7.11 Å². The molecule has 5 heteroatoms. The molecule has 1 aromatic rings. The number of nitrogens with two attached hydrogens (primary N) is 1. The molecule has 0 radical (unpaired) electrons. The van der Waals surface area contributed by atoms with Gasteiger partial charge in [-0.25, -0.2) is 0 Å². The molecular formula is C9H10BrNO3. The normalized spacial score (nSPS) is 12.2. The molecule has 1 rings (SSSR count). The highest BCUT2D eigenvalue weighted by Crippen LogP contribution is 2.31. The summed E-state index contributed by atoms with van der Waals surface area (Å²) in [6.45, 7) is 0. The zero-order valence-corrected chi connectivity index (χ0v) is 9.11. The molecule has 0 aliphatic carbocycles. The highest BCUT2D eigenvalue weighted by atomic mass is 79.9. The van der Waals surface area contributed by atoms with Crippen LogP contribution in [0.5, 0.6) is 5.75 Å². The Labute approximate surface area is 89.8 Å². The van der Waals surface area contributed by atoms with Gasteiger partial charge in [-0.1, -0.05) is 12.1 Å². The third-order valence-electron chi connectivity index (χ3n) is 1.80. The van der Waals surface area contributed by atoms with E-state index in [2.05, 4.69) is 15.9 Å². The summed E-state index contributed by atoms with van der Waals surface area (Å²) in [6, 6.07) is 4.03. The quantitative estimate of drug-likeness (QED) is 0.864. The Morgan fingerprint density at radius 3 is 2.79 bits per heavy atom. The fraction of sp³-hybridized carbons (Fsp3) is 0.222. The van der Waals surface area contributed by atoms with Gasteiger partial charge < -0.3 is 15.6 Å². The summed E-state index contributed by atoms with van der Waals surface area (Å²) in [5, 5.41) is 8.75. The first-order valence-electron chi connectivity index (χ1n) is 3.88. The van der Waals surface area contributed by atoms with E-state index in [1.807, 2.05) is 0 Å². The van der Waals surface area contributed by atoms with Crippen LogP contribution in [-0.4, -0.2) is 18.2 Å². The lowest BCUT2D eigenvalue weighted by molar-refractivity contribution is -0.138. The summed E-state index contributed by atoms with van der Waals surface area (Å²) in [5.41, 5.74) is 5.94. The van der Waals surface area contributed by atoms with Gasteiger partial charge in [0.25, 0.3) is 0 Å². The maximum atomic E-state index is 10.7. The van der Waals surface area contributed by atoms with E-state index < -0.39 is 12.0 Å². The van der Waals surface area contributed by atoms with Crippen LogP contribution in [0.4, 0.5) is 0 Å². The van der Waals surface area contributed by atoms with Crippen molar-refractivity contribution in [2.75, 3.05) is 7.11 Å². The molecule has 4 nitrogen and oxygen atoms in total. The Hall–Kier alpha value is -1.07. The summed E-state index contributed by atoms with van der Waals surface area (Å²) in [5.74, 6) is -0.621. The molecule has 3 N–H and O–H groups in total. The van der Waals surface area contributed by atoms with Gasteiger partial charge in [0, 0.05) is 5.56 Å². The minimum absolute atomic E-state index is 0.453. The number of carboxylic acid groups (broad SMARTS) is 1. The average molecular weight is 260 g/mol. The van der Waals surface area contributed by atoms with Crippen molar-refractivity contribution in [1.82, 2.24) is 0 Å². The van der Waals surface area contributed by atoms with Gasteiger partial charge in [-0.3, -0.25) is 4.79 Å². The molecular weight excluding hydrogens is 250 g/mol. The Bertz CT molecular complexity index is 354. The first-order valence-corrected chi connectivity index (χ1v) is 4.68. The van der Waals surface area contributed by atoms with Crippen LogP contribution in [0.15, 0.2) is 22.7 Å². The number of para-hydroxylation sites is 1. The number of hydrogen-bond donors (Lipinski definition) is 2. The smallest absolute Gasteiger partial charge is 0.325 e. The van der Waals surface area contributed by atoms with E-state index in [-0.39, 0.29) is 0 Å². The van der Waals surface area contributed by atoms with E-state index in [4.69, 9.17) is 15.6 Å². The molecule has 0 aromatic heterocycles. The van der Waals surface area contributed by atoms with Gasteiger partial charge in [0.1, 0.15) is 11.8 Å². The molecule has 0 aliphatic heterocycles. The second kappa shape index (κ2) is 4.43. The van der Waals surface area contributed by atoms with Crippen LogP contribution < -0.4 is 10.5 Å². The number of carboxylic acids is 1. The minimum Gasteiger partial charge on any atom is -0.495 e. The second-order valence-corrected chi connectivity index (χ2v) is 3.53. The maximum Gasteiger partial charge on any atom is 0.325 e. The van der Waals surface area contributed by atoms with Crippen LogP contribution >= 0.6 is 15.9 Å². The SMILES string of the molecule is COc1c(Br)cccc1C(N)C(=O)O. The van der Waals surface area contributed by atoms with Gasteiger partial charge in [0.05, 0.1) is 11.6 Å². The number of benzene rings is 1. The molecule has 14 heavy (non-hydrogen) atoms. The predicted octanol–water partition coefficient (Wildman–Crippen LogP) is 1.54. The lowest BCUT2D eigenvalue weighted by atomic mass is 10.1. The highest BCUT2D eigenvalue weighted by Gasteiger charge is 2.19. The highest BCUT2D eigenvalue weighted by molar-refractivity contribution is 9.10. The molecule has 0 aliphatic rings. The Morgan fingerprint density at radius 2 is 2.29 bits per heavy atom. The first kappa shape index (κ1) is 11.0. The zero-order chi connectivity index (χ0) is 10.7. The molecule has 76 valence electrons. The van der Waals surface area contributed by atoms with Crippen molar-refractivity contribution >= 4 is 21.9 Å². The number of rotatable bonds is 3. The van der Waals surface area contributed by atoms with Crippen LogP contribution in [0.1, 0.15) is 11.6 Å². The predicted molar refractivity (Wildman–Crippen MR) is 55.3 cm³/mol. The standard InChI is InChI=1S/C9H10BrNO3/c1-14-8-5(7(11)9(12)13)3-2-4-6(8)10/h2-4,7H,11H2,1H3,(H,12,13). The Morgan fingerprint density at radius 1 is 1.64 bits per heavy atom. The molecule has 0 fully saturated rings. The van der Waals surface area contributed by atoms with E-state index >= 15 is 0 Å². The van der Waals surface area contributed by atoms with Crippen LogP contribution in [0.2, 0.25) is 0 Å². The van der Waals surface area contributed by atoms with Crippen molar-refractivity contribution < 1.29 is 14.6 Å². The largest absolute Gasteiger partial charge is 0.495 e. The molecule has 0 spiro atoms. The molecule has 0 bridgehead atoms. The van der Waals surface area contributed by atoms with E-state index in [0.29, 0.717) is 15.8 Å². The lowest BCUT2D eigenvalue weighted by Gasteiger charge is -2.12. The van der Waals surface area contributed by atoms with Gasteiger partial charge in [0.15, 0.2) is 0 Å². The zero-order valence-electron chi connectivity index (χ0n) is 7.53. The first-order chi connectivity index (χ1) is 6.57. The van der Waals surface area contributed by atoms with E-state index in [1.54, 1.807) is 18.2 Å². The second-order valence-electron chi connectivity index (χ2n) is 2.68. The molecule has 0 amide bonds. The van der Waals surface area contributed by atoms with Crippen molar-refractivity contribution in [2.24, 2.45) is 5.73 Å². The van der Waals surface area contributed by atoms with Crippen LogP contribution in [0.3, 0.4) is 0 Å². The summed E-state index contributed by atoms with van der Waals surface area (Å²) in [6.07, 6.45) is 0. The summed E-state index contributed by atoms with van der Waals surface area (Å²) >= 11 is 3.25. The van der Waals surface area contributed by atoms with Crippen LogP contribution in [0.25, 0.3) is 0 Å². The molecule has 1 unspecified atom stereocenters.